The molecule has 3 nitrogen and oxygen atoms in total. The predicted molar refractivity (Wildman–Crippen MR) is 87.5 cm³/mol. The molecule has 21 heavy (non-hydrogen) atoms. The molecule has 118 valence electrons. The molecule has 0 amide bonds. The molecule has 1 N–H and O–H groups in total. The summed E-state index contributed by atoms with van der Waals surface area (Å²) < 4.78 is 10.6. The van der Waals surface area contributed by atoms with Crippen LogP contribution in [-0.2, 0) is 6.54 Å². The van der Waals surface area contributed by atoms with E-state index in [0.29, 0.717) is 22.6 Å². The van der Waals surface area contributed by atoms with Gasteiger partial charge in [-0.2, -0.15) is 0 Å². The van der Waals surface area contributed by atoms with Gasteiger partial charge < -0.3 is 14.8 Å². The van der Waals surface area contributed by atoms with Crippen LogP contribution in [0.15, 0.2) is 12.1 Å². The molecule has 0 aromatic heterocycles. The minimum absolute atomic E-state index is 0.606. The summed E-state index contributed by atoms with van der Waals surface area (Å²) in [7, 11) is 3.25. The van der Waals surface area contributed by atoms with E-state index in [2.05, 4.69) is 5.32 Å². The largest absolute Gasteiger partial charge is 0.493 e. The fourth-order valence-electron chi connectivity index (χ4n) is 2.98. The predicted octanol–water partition coefficient (Wildman–Crippen LogP) is 4.56. The van der Waals surface area contributed by atoms with E-state index in [1.165, 1.54) is 44.9 Å². The van der Waals surface area contributed by atoms with E-state index < -0.39 is 0 Å². The SMILES string of the molecule is COc1ccc(CNC2CCCCCCC2)c(Cl)c1OC. The quantitative estimate of drug-likeness (QED) is 0.864. The fraction of sp³-hybridized carbons (Fsp3) is 0.647. The summed E-state index contributed by atoms with van der Waals surface area (Å²) in [5.74, 6) is 1.30. The highest BCUT2D eigenvalue weighted by molar-refractivity contribution is 6.33. The van der Waals surface area contributed by atoms with Crippen molar-refractivity contribution in [2.45, 2.75) is 57.5 Å². The molecule has 0 unspecified atom stereocenters. The van der Waals surface area contributed by atoms with Gasteiger partial charge in [0.25, 0.3) is 0 Å². The molecule has 1 aliphatic carbocycles. The van der Waals surface area contributed by atoms with Crippen LogP contribution in [0, 0.1) is 0 Å². The first-order chi connectivity index (χ1) is 10.3. The maximum Gasteiger partial charge on any atom is 0.179 e. The van der Waals surface area contributed by atoms with Crippen molar-refractivity contribution in [1.29, 1.82) is 0 Å². The highest BCUT2D eigenvalue weighted by Gasteiger charge is 2.15. The summed E-state index contributed by atoms with van der Waals surface area (Å²) in [4.78, 5) is 0. The van der Waals surface area contributed by atoms with Gasteiger partial charge in [0, 0.05) is 12.6 Å². The normalized spacial score (nSPS) is 17.1. The molecule has 0 bridgehead atoms. The molecule has 0 saturated heterocycles. The van der Waals surface area contributed by atoms with Gasteiger partial charge >= 0.3 is 0 Å². The minimum atomic E-state index is 0.606. The Morgan fingerprint density at radius 1 is 1.05 bits per heavy atom. The molecular formula is C17H26ClNO2. The highest BCUT2D eigenvalue weighted by Crippen LogP contribution is 2.37. The van der Waals surface area contributed by atoms with E-state index in [1.54, 1.807) is 14.2 Å². The number of nitrogens with one attached hydrogen (secondary N) is 1. The van der Waals surface area contributed by atoms with Crippen molar-refractivity contribution < 1.29 is 9.47 Å². The van der Waals surface area contributed by atoms with Gasteiger partial charge in [0.15, 0.2) is 11.5 Å². The van der Waals surface area contributed by atoms with Crippen molar-refractivity contribution in [1.82, 2.24) is 5.32 Å². The Morgan fingerprint density at radius 3 is 2.33 bits per heavy atom. The first-order valence-corrected chi connectivity index (χ1v) is 8.26. The number of benzene rings is 1. The topological polar surface area (TPSA) is 30.5 Å². The van der Waals surface area contributed by atoms with Gasteiger partial charge in [0.2, 0.25) is 0 Å². The van der Waals surface area contributed by atoms with Crippen LogP contribution < -0.4 is 14.8 Å². The second-order valence-electron chi connectivity index (χ2n) is 5.70. The Kier molecular flexibility index (Phi) is 6.65. The van der Waals surface area contributed by atoms with Crippen LogP contribution in [0.3, 0.4) is 0 Å². The van der Waals surface area contributed by atoms with E-state index in [4.69, 9.17) is 21.1 Å². The summed E-state index contributed by atoms with van der Waals surface area (Å²) >= 11 is 6.42. The fourth-order valence-corrected chi connectivity index (χ4v) is 3.28. The standard InChI is InChI=1S/C17H26ClNO2/c1-20-15-11-10-13(16(18)17(15)21-2)12-19-14-8-6-4-3-5-7-9-14/h10-11,14,19H,3-9,12H2,1-2H3. The van der Waals surface area contributed by atoms with Crippen molar-refractivity contribution in [3.05, 3.63) is 22.7 Å². The molecule has 2 rings (SSSR count). The van der Waals surface area contributed by atoms with Crippen LogP contribution in [0.4, 0.5) is 0 Å². The van der Waals surface area contributed by atoms with Gasteiger partial charge in [-0.05, 0) is 24.5 Å². The number of ether oxygens (including phenoxy) is 2. The van der Waals surface area contributed by atoms with Crippen molar-refractivity contribution in [3.63, 3.8) is 0 Å². The van der Waals surface area contributed by atoms with E-state index in [0.717, 1.165) is 12.1 Å². The van der Waals surface area contributed by atoms with Crippen molar-refractivity contribution >= 4 is 11.6 Å². The van der Waals surface area contributed by atoms with E-state index in [1.807, 2.05) is 12.1 Å². The Hall–Kier alpha value is -0.930. The number of hydrogen-bond donors (Lipinski definition) is 1. The van der Waals surface area contributed by atoms with Gasteiger partial charge in [-0.15, -0.1) is 0 Å². The monoisotopic (exact) mass is 311 g/mol. The van der Waals surface area contributed by atoms with Gasteiger partial charge in [0.1, 0.15) is 0 Å². The molecule has 1 aromatic carbocycles. The lowest BCUT2D eigenvalue weighted by Crippen LogP contribution is -2.29. The van der Waals surface area contributed by atoms with Crippen molar-refractivity contribution in [2.24, 2.45) is 0 Å². The number of methoxy groups -OCH3 is 2. The van der Waals surface area contributed by atoms with Gasteiger partial charge in [-0.1, -0.05) is 49.8 Å². The molecule has 4 heteroatoms. The van der Waals surface area contributed by atoms with Crippen molar-refractivity contribution in [2.75, 3.05) is 14.2 Å². The maximum absolute atomic E-state index is 6.42. The number of halogens is 1. The lowest BCUT2D eigenvalue weighted by molar-refractivity contribution is 0.354. The smallest absolute Gasteiger partial charge is 0.179 e. The molecule has 1 aromatic rings. The lowest BCUT2D eigenvalue weighted by Gasteiger charge is -2.22. The molecule has 0 atom stereocenters. The summed E-state index contributed by atoms with van der Waals surface area (Å²) in [6.07, 6.45) is 9.34. The molecule has 0 heterocycles. The molecule has 0 aliphatic heterocycles. The van der Waals surface area contributed by atoms with Gasteiger partial charge in [0.05, 0.1) is 19.2 Å². The van der Waals surface area contributed by atoms with E-state index in [-0.39, 0.29) is 0 Å². The van der Waals surface area contributed by atoms with Gasteiger partial charge in [-0.3, -0.25) is 0 Å². The Balaban J connectivity index is 1.98. The number of hydrogen-bond acceptors (Lipinski definition) is 3. The third-order valence-corrected chi connectivity index (χ3v) is 4.67. The molecule has 0 spiro atoms. The van der Waals surface area contributed by atoms with E-state index in [9.17, 15) is 0 Å². The average molecular weight is 312 g/mol. The molecule has 0 radical (unpaired) electrons. The zero-order valence-corrected chi connectivity index (χ0v) is 13.8. The second-order valence-corrected chi connectivity index (χ2v) is 6.08. The third-order valence-electron chi connectivity index (χ3n) is 4.25. The lowest BCUT2D eigenvalue weighted by atomic mass is 9.96. The zero-order valence-electron chi connectivity index (χ0n) is 13.1. The van der Waals surface area contributed by atoms with Crippen LogP contribution in [0.1, 0.15) is 50.5 Å². The minimum Gasteiger partial charge on any atom is -0.493 e. The second kappa shape index (κ2) is 8.50. The number of rotatable bonds is 5. The summed E-state index contributed by atoms with van der Waals surface area (Å²) in [6.45, 7) is 0.782. The van der Waals surface area contributed by atoms with Crippen molar-refractivity contribution in [3.8, 4) is 11.5 Å². The highest BCUT2D eigenvalue weighted by atomic mass is 35.5. The molecule has 1 fully saturated rings. The van der Waals surface area contributed by atoms with Crippen LogP contribution in [0.25, 0.3) is 0 Å². The van der Waals surface area contributed by atoms with Crippen LogP contribution in [0.2, 0.25) is 5.02 Å². The Bertz CT molecular complexity index is 443. The summed E-state index contributed by atoms with van der Waals surface area (Å²) in [5.41, 5.74) is 1.07. The summed E-state index contributed by atoms with van der Waals surface area (Å²) in [6, 6.07) is 4.54. The van der Waals surface area contributed by atoms with Crippen LogP contribution >= 0.6 is 11.6 Å². The van der Waals surface area contributed by atoms with E-state index >= 15 is 0 Å². The van der Waals surface area contributed by atoms with Gasteiger partial charge in [-0.25, -0.2) is 0 Å². The molecule has 1 saturated carbocycles. The first kappa shape index (κ1) is 16.4. The Morgan fingerprint density at radius 2 is 1.71 bits per heavy atom. The average Bonchev–Trinajstić information content (AvgIpc) is 2.47. The maximum atomic E-state index is 6.42. The van der Waals surface area contributed by atoms with Crippen LogP contribution in [0.5, 0.6) is 11.5 Å². The summed E-state index contributed by atoms with van der Waals surface area (Å²) in [5, 5.41) is 4.30. The first-order valence-electron chi connectivity index (χ1n) is 7.89. The molecular weight excluding hydrogens is 286 g/mol. The third kappa shape index (κ3) is 4.52. The zero-order chi connectivity index (χ0) is 15.1. The van der Waals surface area contributed by atoms with Crippen LogP contribution in [-0.4, -0.2) is 20.3 Å². The Labute approximate surface area is 133 Å². The molecule has 1 aliphatic rings.